The van der Waals surface area contributed by atoms with Gasteiger partial charge in [-0.15, -0.1) is 9.32 Å². The molecule has 0 unspecified atom stereocenters. The minimum absolute atomic E-state index is 0.0930. The second-order valence-electron chi connectivity index (χ2n) is 4.27. The maximum atomic E-state index is 11.2. The lowest BCUT2D eigenvalue weighted by atomic mass is 10.2. The molecule has 0 bridgehead atoms. The van der Waals surface area contributed by atoms with Crippen LogP contribution in [0.4, 0.5) is 17.1 Å². The Morgan fingerprint density at radius 2 is 2.00 bits per heavy atom. The predicted molar refractivity (Wildman–Crippen MR) is 86.2 cm³/mol. The summed E-state index contributed by atoms with van der Waals surface area (Å²) in [6.45, 7) is 2.47. The van der Waals surface area contributed by atoms with E-state index >= 15 is 0 Å². The third-order valence-corrected chi connectivity index (χ3v) is 3.37. The van der Waals surface area contributed by atoms with Gasteiger partial charge in [0.1, 0.15) is 11.4 Å². The summed E-state index contributed by atoms with van der Waals surface area (Å²) >= 11 is 0.778. The molecule has 122 valence electrons. The Morgan fingerprint density at radius 1 is 1.26 bits per heavy atom. The van der Waals surface area contributed by atoms with Gasteiger partial charge in [0.05, 0.1) is 23.6 Å². The molecule has 0 spiro atoms. The summed E-state index contributed by atoms with van der Waals surface area (Å²) in [4.78, 5) is 15.2. The number of nitrogens with two attached hydrogens (primary N) is 1. The van der Waals surface area contributed by atoms with Crippen molar-refractivity contribution in [3.63, 3.8) is 0 Å². The van der Waals surface area contributed by atoms with Crippen LogP contribution in [0, 0.1) is 10.1 Å². The number of nitrogens with one attached hydrogen (secondary N) is 1. The number of anilines is 2. The van der Waals surface area contributed by atoms with Gasteiger partial charge in [-0.1, -0.05) is 0 Å². The van der Waals surface area contributed by atoms with Crippen molar-refractivity contribution < 1.29 is 19.0 Å². The summed E-state index contributed by atoms with van der Waals surface area (Å²) < 4.78 is 9.84. The second-order valence-corrected chi connectivity index (χ2v) is 5.04. The SMILES string of the molecule is CCOc1ccc(Nc2ccc(SOON)cc2[N+](=O)[O-])cc1. The van der Waals surface area contributed by atoms with E-state index in [9.17, 15) is 10.1 Å². The van der Waals surface area contributed by atoms with Crippen molar-refractivity contribution in [3.05, 3.63) is 52.6 Å². The second kappa shape index (κ2) is 8.34. The lowest BCUT2D eigenvalue weighted by molar-refractivity contribution is -0.384. The lowest BCUT2D eigenvalue weighted by Gasteiger charge is -2.09. The largest absolute Gasteiger partial charge is 0.494 e. The first kappa shape index (κ1) is 17.0. The van der Waals surface area contributed by atoms with Gasteiger partial charge in [0.2, 0.25) is 0 Å². The van der Waals surface area contributed by atoms with E-state index in [4.69, 9.17) is 10.6 Å². The van der Waals surface area contributed by atoms with Gasteiger partial charge in [0, 0.05) is 16.6 Å². The zero-order valence-corrected chi connectivity index (χ0v) is 13.0. The first-order valence-electron chi connectivity index (χ1n) is 6.62. The van der Waals surface area contributed by atoms with Crippen molar-refractivity contribution in [1.82, 2.24) is 0 Å². The van der Waals surface area contributed by atoms with Gasteiger partial charge < -0.3 is 10.1 Å². The molecule has 0 heterocycles. The molecule has 0 saturated heterocycles. The van der Waals surface area contributed by atoms with Gasteiger partial charge in [0.15, 0.2) is 0 Å². The van der Waals surface area contributed by atoms with Gasteiger partial charge >= 0.3 is 0 Å². The van der Waals surface area contributed by atoms with Crippen molar-refractivity contribution in [2.75, 3.05) is 11.9 Å². The molecule has 3 N–H and O–H groups in total. The molecule has 8 nitrogen and oxygen atoms in total. The number of rotatable bonds is 8. The third kappa shape index (κ3) is 4.83. The monoisotopic (exact) mass is 337 g/mol. The molecule has 0 saturated carbocycles. The Kier molecular flexibility index (Phi) is 6.18. The van der Waals surface area contributed by atoms with Gasteiger partial charge in [-0.2, -0.15) is 5.90 Å². The molecule has 9 heteroatoms. The number of nitrogens with zero attached hydrogens (tertiary/aromatic N) is 1. The van der Waals surface area contributed by atoms with E-state index in [1.807, 2.05) is 6.92 Å². The number of nitro groups is 1. The summed E-state index contributed by atoms with van der Waals surface area (Å²) in [6, 6.07) is 11.7. The first-order chi connectivity index (χ1) is 11.1. The molecule has 2 aromatic rings. The Labute approximate surface area is 136 Å². The van der Waals surface area contributed by atoms with Crippen molar-refractivity contribution >= 4 is 29.1 Å². The van der Waals surface area contributed by atoms with Gasteiger partial charge in [-0.05, 0) is 43.3 Å². The molecule has 0 fully saturated rings. The number of ether oxygens (including phenoxy) is 1. The van der Waals surface area contributed by atoms with Crippen LogP contribution in [0.15, 0.2) is 47.4 Å². The van der Waals surface area contributed by atoms with Gasteiger partial charge in [0.25, 0.3) is 5.69 Å². The third-order valence-electron chi connectivity index (χ3n) is 2.78. The van der Waals surface area contributed by atoms with Crippen LogP contribution >= 0.6 is 12.0 Å². The molecule has 2 rings (SSSR count). The molecule has 0 aliphatic carbocycles. The summed E-state index contributed by atoms with van der Waals surface area (Å²) in [5.41, 5.74) is 0.972. The highest BCUT2D eigenvalue weighted by atomic mass is 32.2. The minimum atomic E-state index is -0.482. The van der Waals surface area contributed by atoms with E-state index in [-0.39, 0.29) is 5.69 Å². The van der Waals surface area contributed by atoms with E-state index < -0.39 is 4.92 Å². The molecule has 2 aromatic carbocycles. The van der Waals surface area contributed by atoms with Crippen molar-refractivity contribution in [3.8, 4) is 5.75 Å². The highest BCUT2D eigenvalue weighted by Crippen LogP contribution is 2.32. The number of benzene rings is 2. The summed E-state index contributed by atoms with van der Waals surface area (Å²) in [6.07, 6.45) is 0. The van der Waals surface area contributed by atoms with Crippen LogP contribution in [0.1, 0.15) is 6.92 Å². The molecule has 23 heavy (non-hydrogen) atoms. The Hall–Kier alpha value is -2.33. The number of hydrogen-bond acceptors (Lipinski definition) is 8. The molecule has 0 aliphatic heterocycles. The van der Waals surface area contributed by atoms with Crippen molar-refractivity contribution in [2.24, 2.45) is 5.90 Å². The van der Waals surface area contributed by atoms with E-state index in [0.717, 1.165) is 17.8 Å². The average molecular weight is 337 g/mol. The first-order valence-corrected chi connectivity index (χ1v) is 7.36. The van der Waals surface area contributed by atoms with E-state index in [1.165, 1.54) is 6.07 Å². The van der Waals surface area contributed by atoms with Crippen LogP contribution in [-0.2, 0) is 9.32 Å². The fourth-order valence-electron chi connectivity index (χ4n) is 1.84. The highest BCUT2D eigenvalue weighted by Gasteiger charge is 2.15. The van der Waals surface area contributed by atoms with Gasteiger partial charge in [-0.3, -0.25) is 10.1 Å². The molecule has 0 radical (unpaired) electrons. The van der Waals surface area contributed by atoms with Crippen LogP contribution in [-0.4, -0.2) is 11.5 Å². The fraction of sp³-hybridized carbons (Fsp3) is 0.143. The Balaban J connectivity index is 2.19. The quantitative estimate of drug-likeness (QED) is 0.326. The number of nitro benzene ring substituents is 1. The van der Waals surface area contributed by atoms with Crippen molar-refractivity contribution in [1.29, 1.82) is 0 Å². The van der Waals surface area contributed by atoms with Crippen LogP contribution in [0.3, 0.4) is 0 Å². The maximum absolute atomic E-state index is 11.2. The number of hydrogen-bond donors (Lipinski definition) is 2. The van der Waals surface area contributed by atoms with E-state index in [0.29, 0.717) is 22.9 Å². The summed E-state index contributed by atoms with van der Waals surface area (Å²) in [5, 5.41) is 14.2. The van der Waals surface area contributed by atoms with Crippen molar-refractivity contribution in [2.45, 2.75) is 11.8 Å². The standard InChI is InChI=1S/C14H15N3O5S/c1-2-20-11-5-3-10(4-6-11)16-13-8-7-12(23-22-21-15)9-14(13)17(18)19/h3-9,16H,2,15H2,1H3. The zero-order chi connectivity index (χ0) is 16.7. The molecular weight excluding hydrogens is 322 g/mol. The molecule has 0 amide bonds. The van der Waals surface area contributed by atoms with Crippen LogP contribution < -0.4 is 16.0 Å². The predicted octanol–water partition coefficient (Wildman–Crippen LogP) is 3.57. The fourth-order valence-corrected chi connectivity index (χ4v) is 2.24. The summed E-state index contributed by atoms with van der Waals surface area (Å²) in [5.74, 6) is 5.47. The molecule has 0 aliphatic rings. The maximum Gasteiger partial charge on any atom is 0.293 e. The average Bonchev–Trinajstić information content (AvgIpc) is 2.55. The normalized spacial score (nSPS) is 10.3. The highest BCUT2D eigenvalue weighted by molar-refractivity contribution is 7.94. The lowest BCUT2D eigenvalue weighted by Crippen LogP contribution is -1.98. The molecule has 0 atom stereocenters. The zero-order valence-electron chi connectivity index (χ0n) is 12.2. The van der Waals surface area contributed by atoms with Crippen LogP contribution in [0.5, 0.6) is 5.75 Å². The molecular formula is C14H15N3O5S. The Bertz CT molecular complexity index is 666. The minimum Gasteiger partial charge on any atom is -0.494 e. The van der Waals surface area contributed by atoms with Crippen LogP contribution in [0.25, 0.3) is 0 Å². The molecule has 0 aromatic heterocycles. The smallest absolute Gasteiger partial charge is 0.293 e. The van der Waals surface area contributed by atoms with Gasteiger partial charge in [-0.25, -0.2) is 0 Å². The van der Waals surface area contributed by atoms with E-state index in [1.54, 1.807) is 36.4 Å². The summed E-state index contributed by atoms with van der Waals surface area (Å²) in [7, 11) is 0. The van der Waals surface area contributed by atoms with Crippen LogP contribution in [0.2, 0.25) is 0 Å². The Morgan fingerprint density at radius 3 is 2.61 bits per heavy atom. The van der Waals surface area contributed by atoms with E-state index in [2.05, 4.69) is 14.6 Å². The topological polar surface area (TPSA) is 109 Å².